The van der Waals surface area contributed by atoms with Gasteiger partial charge in [0.05, 0.1) is 12.0 Å². The van der Waals surface area contributed by atoms with Crippen LogP contribution in [0.2, 0.25) is 0 Å². The van der Waals surface area contributed by atoms with E-state index in [2.05, 4.69) is 0 Å². The van der Waals surface area contributed by atoms with E-state index in [0.29, 0.717) is 21.9 Å². The second-order valence-electron chi connectivity index (χ2n) is 4.33. The van der Waals surface area contributed by atoms with E-state index < -0.39 is 0 Å². The Morgan fingerprint density at radius 2 is 2.13 bits per heavy atom. The molecule has 0 fully saturated rings. The topological polar surface area (TPSA) is 83.1 Å². The number of hydrogen-bond acceptors (Lipinski definition) is 6. The number of carbonyl (C=O) groups is 1. The first-order chi connectivity index (χ1) is 11.2. The highest BCUT2D eigenvalue weighted by molar-refractivity contribution is 7.12. The van der Waals surface area contributed by atoms with Crippen molar-refractivity contribution in [2.24, 2.45) is 0 Å². The predicted octanol–water partition coefficient (Wildman–Crippen LogP) is 3.45. The zero-order valence-electron chi connectivity index (χ0n) is 12.3. The van der Waals surface area contributed by atoms with Gasteiger partial charge < -0.3 is 9.47 Å². The number of ether oxygens (including phenoxy) is 2. The molecule has 0 unspecified atom stereocenters. The number of ketones is 1. The van der Waals surface area contributed by atoms with Gasteiger partial charge in [-0.15, -0.1) is 11.3 Å². The second kappa shape index (κ2) is 7.79. The zero-order valence-corrected chi connectivity index (χ0v) is 13.1. The summed E-state index contributed by atoms with van der Waals surface area (Å²) >= 11 is 1.29. The minimum Gasteiger partial charge on any atom is -0.493 e. The van der Waals surface area contributed by atoms with Gasteiger partial charge in [0.1, 0.15) is 17.7 Å². The van der Waals surface area contributed by atoms with Gasteiger partial charge in [-0.3, -0.25) is 4.79 Å². The van der Waals surface area contributed by atoms with Gasteiger partial charge in [0, 0.05) is 0 Å². The summed E-state index contributed by atoms with van der Waals surface area (Å²) in [5.74, 6) is 0.537. The van der Waals surface area contributed by atoms with E-state index in [9.17, 15) is 10.1 Å². The van der Waals surface area contributed by atoms with Crippen molar-refractivity contribution in [1.29, 1.82) is 10.5 Å². The molecular weight excluding hydrogens is 312 g/mol. The Morgan fingerprint density at radius 1 is 1.30 bits per heavy atom. The van der Waals surface area contributed by atoms with Crippen LogP contribution in [0, 0.1) is 22.7 Å². The summed E-state index contributed by atoms with van der Waals surface area (Å²) in [6.45, 7) is -0.0914. The monoisotopic (exact) mass is 324 g/mol. The van der Waals surface area contributed by atoms with Gasteiger partial charge in [0.2, 0.25) is 5.78 Å². The SMILES string of the molecule is COc1cc(/C=C(\C#N)C(=O)c2cccs2)ccc1OCC#N. The van der Waals surface area contributed by atoms with Crippen LogP contribution >= 0.6 is 11.3 Å². The van der Waals surface area contributed by atoms with Crippen LogP contribution in [0.4, 0.5) is 0 Å². The summed E-state index contributed by atoms with van der Waals surface area (Å²) in [6, 6.07) is 12.2. The molecule has 0 radical (unpaired) electrons. The van der Waals surface area contributed by atoms with Crippen molar-refractivity contribution in [3.05, 3.63) is 51.7 Å². The number of nitrogens with zero attached hydrogens (tertiary/aromatic N) is 2. The molecule has 0 aliphatic rings. The number of allylic oxidation sites excluding steroid dienone is 1. The molecule has 0 saturated heterocycles. The Labute approximate surface area is 137 Å². The molecule has 0 bridgehead atoms. The van der Waals surface area contributed by atoms with Crippen molar-refractivity contribution >= 4 is 23.2 Å². The molecule has 2 rings (SSSR count). The van der Waals surface area contributed by atoms with Crippen molar-refractivity contribution < 1.29 is 14.3 Å². The Kier molecular flexibility index (Phi) is 5.51. The lowest BCUT2D eigenvalue weighted by atomic mass is 10.1. The molecule has 0 amide bonds. The van der Waals surface area contributed by atoms with Crippen LogP contribution in [0.1, 0.15) is 15.2 Å². The lowest BCUT2D eigenvalue weighted by molar-refractivity contribution is 0.104. The molecule has 6 heteroatoms. The number of nitriles is 2. The van der Waals surface area contributed by atoms with Gasteiger partial charge in [-0.25, -0.2) is 0 Å². The molecule has 0 spiro atoms. The van der Waals surface area contributed by atoms with Crippen molar-refractivity contribution in [3.8, 4) is 23.6 Å². The molecule has 1 aromatic carbocycles. The molecule has 2 aromatic rings. The van der Waals surface area contributed by atoms with Crippen molar-refractivity contribution in [2.75, 3.05) is 13.7 Å². The highest BCUT2D eigenvalue weighted by Gasteiger charge is 2.13. The number of hydrogen-bond donors (Lipinski definition) is 0. The summed E-state index contributed by atoms with van der Waals surface area (Å²) in [6.07, 6.45) is 1.50. The first-order valence-corrected chi connectivity index (χ1v) is 7.45. The molecule has 114 valence electrons. The lowest BCUT2D eigenvalue weighted by Crippen LogP contribution is -1.99. The van der Waals surface area contributed by atoms with Crippen LogP contribution in [-0.4, -0.2) is 19.5 Å². The largest absolute Gasteiger partial charge is 0.493 e. The highest BCUT2D eigenvalue weighted by atomic mass is 32.1. The third-order valence-electron chi connectivity index (χ3n) is 2.90. The van der Waals surface area contributed by atoms with Crippen LogP contribution in [0.25, 0.3) is 6.08 Å². The van der Waals surface area contributed by atoms with E-state index in [1.807, 2.05) is 12.1 Å². The Balaban J connectivity index is 2.32. The first-order valence-electron chi connectivity index (χ1n) is 6.57. The van der Waals surface area contributed by atoms with Gasteiger partial charge in [-0.1, -0.05) is 12.1 Å². The number of methoxy groups -OCH3 is 1. The van der Waals surface area contributed by atoms with Crippen LogP contribution in [0.3, 0.4) is 0 Å². The van der Waals surface area contributed by atoms with Crippen molar-refractivity contribution in [2.45, 2.75) is 0 Å². The number of benzene rings is 1. The van der Waals surface area contributed by atoms with Gasteiger partial charge in [-0.2, -0.15) is 10.5 Å². The molecule has 0 saturated carbocycles. The molecule has 23 heavy (non-hydrogen) atoms. The van der Waals surface area contributed by atoms with E-state index >= 15 is 0 Å². The molecule has 0 aliphatic heterocycles. The van der Waals surface area contributed by atoms with Crippen LogP contribution in [-0.2, 0) is 0 Å². The molecule has 0 atom stereocenters. The van der Waals surface area contributed by atoms with Gasteiger partial charge in [0.25, 0.3) is 0 Å². The summed E-state index contributed by atoms with van der Waals surface area (Å²) in [4.78, 5) is 12.7. The highest BCUT2D eigenvalue weighted by Crippen LogP contribution is 2.29. The zero-order chi connectivity index (χ0) is 16.7. The minimum atomic E-state index is -0.314. The number of thiophene rings is 1. The minimum absolute atomic E-state index is 0.0418. The maximum Gasteiger partial charge on any atom is 0.213 e. The maximum atomic E-state index is 12.2. The van der Waals surface area contributed by atoms with Crippen LogP contribution < -0.4 is 9.47 Å². The number of Topliss-reactive ketones (excluding diaryl/α,β-unsaturated/α-hetero) is 1. The molecule has 0 N–H and O–H groups in total. The number of rotatable bonds is 6. The molecular formula is C17H12N2O3S. The standard InChI is InChI=1S/C17H12N2O3S/c1-21-15-10-12(4-5-14(15)22-7-6-18)9-13(11-19)17(20)16-3-2-8-23-16/h2-5,8-10H,7H2,1H3/b13-9+. The summed E-state index contributed by atoms with van der Waals surface area (Å²) in [5.41, 5.74) is 0.674. The van der Waals surface area contributed by atoms with Crippen LogP contribution in [0.15, 0.2) is 41.3 Å². The summed E-state index contributed by atoms with van der Waals surface area (Å²) in [7, 11) is 1.48. The van der Waals surface area contributed by atoms with E-state index in [4.69, 9.17) is 14.7 Å². The van der Waals surface area contributed by atoms with E-state index in [-0.39, 0.29) is 18.0 Å². The lowest BCUT2D eigenvalue weighted by Gasteiger charge is -2.09. The molecule has 0 aliphatic carbocycles. The Morgan fingerprint density at radius 3 is 2.74 bits per heavy atom. The van der Waals surface area contributed by atoms with E-state index in [0.717, 1.165) is 0 Å². The van der Waals surface area contributed by atoms with Gasteiger partial charge in [0.15, 0.2) is 18.1 Å². The third-order valence-corrected chi connectivity index (χ3v) is 3.77. The fourth-order valence-electron chi connectivity index (χ4n) is 1.86. The van der Waals surface area contributed by atoms with Crippen molar-refractivity contribution in [1.82, 2.24) is 0 Å². The van der Waals surface area contributed by atoms with Gasteiger partial charge >= 0.3 is 0 Å². The summed E-state index contributed by atoms with van der Waals surface area (Å²) in [5, 5.41) is 19.6. The van der Waals surface area contributed by atoms with Crippen molar-refractivity contribution in [3.63, 3.8) is 0 Å². The molecule has 5 nitrogen and oxygen atoms in total. The third kappa shape index (κ3) is 3.97. The molecule has 1 heterocycles. The van der Waals surface area contributed by atoms with E-state index in [1.165, 1.54) is 24.5 Å². The Hall–Kier alpha value is -3.09. The number of carbonyl (C=O) groups excluding carboxylic acids is 1. The average molecular weight is 324 g/mol. The second-order valence-corrected chi connectivity index (χ2v) is 5.28. The van der Waals surface area contributed by atoms with Gasteiger partial charge in [-0.05, 0) is 35.2 Å². The quantitative estimate of drug-likeness (QED) is 0.462. The average Bonchev–Trinajstić information content (AvgIpc) is 3.12. The summed E-state index contributed by atoms with van der Waals surface area (Å²) < 4.78 is 10.4. The normalized spacial score (nSPS) is 10.5. The fraction of sp³-hybridized carbons (Fsp3) is 0.118. The molecule has 1 aromatic heterocycles. The predicted molar refractivity (Wildman–Crippen MR) is 86.3 cm³/mol. The van der Waals surface area contributed by atoms with E-state index in [1.54, 1.807) is 35.7 Å². The fourth-order valence-corrected chi connectivity index (χ4v) is 2.54. The Bertz CT molecular complexity index is 811. The maximum absolute atomic E-state index is 12.2. The van der Waals surface area contributed by atoms with Crippen LogP contribution in [0.5, 0.6) is 11.5 Å². The smallest absolute Gasteiger partial charge is 0.213 e. The first kappa shape index (κ1) is 16.3.